The minimum atomic E-state index is -0.257. The number of halogens is 1. The van der Waals surface area contributed by atoms with Crippen LogP contribution < -0.4 is 5.32 Å². The summed E-state index contributed by atoms with van der Waals surface area (Å²) in [5.74, 6) is 1.03. The van der Waals surface area contributed by atoms with E-state index in [4.69, 9.17) is 16.0 Å². The van der Waals surface area contributed by atoms with Crippen LogP contribution in [0.15, 0.2) is 59.0 Å². The van der Waals surface area contributed by atoms with Crippen LogP contribution in [-0.4, -0.2) is 10.9 Å². The van der Waals surface area contributed by atoms with Crippen molar-refractivity contribution in [3.05, 3.63) is 76.5 Å². The number of amides is 1. The van der Waals surface area contributed by atoms with Crippen LogP contribution in [0.2, 0.25) is 5.02 Å². The van der Waals surface area contributed by atoms with E-state index in [0.29, 0.717) is 21.7 Å². The van der Waals surface area contributed by atoms with E-state index >= 15 is 0 Å². The van der Waals surface area contributed by atoms with E-state index in [2.05, 4.69) is 16.4 Å². The molecule has 0 aliphatic carbocycles. The number of thiazole rings is 1. The fourth-order valence-corrected chi connectivity index (χ4v) is 3.88. The normalized spacial score (nSPS) is 11.4. The number of fused-ring (bicyclic) bond motifs is 1. The maximum absolute atomic E-state index is 12.2. The highest BCUT2D eigenvalue weighted by Gasteiger charge is 2.08. The van der Waals surface area contributed by atoms with Gasteiger partial charge in [-0.25, -0.2) is 4.98 Å². The molecule has 0 fully saturated rings. The Morgan fingerprint density at radius 2 is 2.00 bits per heavy atom. The summed E-state index contributed by atoms with van der Waals surface area (Å²) in [5, 5.41) is 4.06. The zero-order valence-corrected chi connectivity index (χ0v) is 16.9. The molecule has 2 heterocycles. The number of aryl methyl sites for hydroxylation is 2. The maximum Gasteiger partial charge on any atom is 0.250 e. The molecule has 4 aromatic rings. The summed E-state index contributed by atoms with van der Waals surface area (Å²) in [7, 11) is 0. The minimum Gasteiger partial charge on any atom is -0.457 e. The Morgan fingerprint density at radius 1 is 1.14 bits per heavy atom. The average Bonchev–Trinajstić information content (AvgIpc) is 3.28. The van der Waals surface area contributed by atoms with Gasteiger partial charge in [0.05, 0.1) is 10.2 Å². The summed E-state index contributed by atoms with van der Waals surface area (Å²) < 4.78 is 6.84. The number of nitrogens with zero attached hydrogens (tertiary/aromatic N) is 1. The largest absolute Gasteiger partial charge is 0.457 e. The van der Waals surface area contributed by atoms with E-state index in [-0.39, 0.29) is 5.91 Å². The second-order valence-electron chi connectivity index (χ2n) is 6.48. The molecule has 0 unspecified atom stereocenters. The van der Waals surface area contributed by atoms with Crippen molar-refractivity contribution in [2.75, 3.05) is 5.32 Å². The lowest BCUT2D eigenvalue weighted by atomic mass is 10.1. The number of furan rings is 1. The number of rotatable bonds is 4. The number of hydrogen-bond donors (Lipinski definition) is 1. The number of anilines is 1. The lowest BCUT2D eigenvalue weighted by molar-refractivity contribution is -0.111. The van der Waals surface area contributed by atoms with Gasteiger partial charge in [0.2, 0.25) is 5.91 Å². The number of carbonyl (C=O) groups excluding carboxylic acids is 1. The Bertz CT molecular complexity index is 1210. The average molecular weight is 409 g/mol. The van der Waals surface area contributed by atoms with Crippen LogP contribution in [0.5, 0.6) is 0 Å². The Morgan fingerprint density at radius 3 is 2.82 bits per heavy atom. The lowest BCUT2D eigenvalue weighted by Gasteiger charge is -2.00. The fourth-order valence-electron chi connectivity index (χ4n) is 2.73. The lowest BCUT2D eigenvalue weighted by Crippen LogP contribution is -2.07. The van der Waals surface area contributed by atoms with Gasteiger partial charge < -0.3 is 4.42 Å². The first-order chi connectivity index (χ1) is 13.5. The highest BCUT2D eigenvalue weighted by molar-refractivity contribution is 7.22. The SMILES string of the molecule is Cc1ccc2nc(NC(=O)/C=C/c3ccc(-c4ccc(C)c(Cl)c4)o3)sc2c1. The highest BCUT2D eigenvalue weighted by atomic mass is 35.5. The summed E-state index contributed by atoms with van der Waals surface area (Å²) in [6.07, 6.45) is 3.06. The van der Waals surface area contributed by atoms with Crippen molar-refractivity contribution in [1.29, 1.82) is 0 Å². The van der Waals surface area contributed by atoms with Crippen molar-refractivity contribution in [3.8, 4) is 11.3 Å². The second-order valence-corrected chi connectivity index (χ2v) is 7.92. The third-order valence-electron chi connectivity index (χ3n) is 4.26. The summed E-state index contributed by atoms with van der Waals surface area (Å²) >= 11 is 7.63. The van der Waals surface area contributed by atoms with Gasteiger partial charge in [-0.3, -0.25) is 10.1 Å². The Balaban J connectivity index is 1.45. The molecule has 0 saturated heterocycles. The van der Waals surface area contributed by atoms with Gasteiger partial charge in [0.1, 0.15) is 11.5 Å². The Labute approximate surface area is 171 Å². The highest BCUT2D eigenvalue weighted by Crippen LogP contribution is 2.28. The molecule has 0 atom stereocenters. The Hall–Kier alpha value is -2.89. The standard InChI is InChI=1S/C22H17ClN2O2S/c1-13-3-8-18-20(11-13)28-22(24-18)25-21(26)10-7-16-6-9-19(27-16)15-5-4-14(2)17(23)12-15/h3-12H,1-2H3,(H,24,25,26)/b10-7+. The molecule has 0 spiro atoms. The molecule has 140 valence electrons. The van der Waals surface area contributed by atoms with E-state index in [0.717, 1.165) is 26.9 Å². The van der Waals surface area contributed by atoms with Crippen molar-refractivity contribution in [3.63, 3.8) is 0 Å². The zero-order chi connectivity index (χ0) is 19.7. The van der Waals surface area contributed by atoms with Crippen molar-refractivity contribution in [2.45, 2.75) is 13.8 Å². The molecular weight excluding hydrogens is 392 g/mol. The molecule has 0 bridgehead atoms. The van der Waals surface area contributed by atoms with Gasteiger partial charge in [-0.2, -0.15) is 0 Å². The minimum absolute atomic E-state index is 0.257. The molecule has 0 radical (unpaired) electrons. The monoisotopic (exact) mass is 408 g/mol. The van der Waals surface area contributed by atoms with Gasteiger partial charge in [0.25, 0.3) is 0 Å². The summed E-state index contributed by atoms with van der Waals surface area (Å²) in [4.78, 5) is 16.6. The zero-order valence-electron chi connectivity index (χ0n) is 15.3. The molecule has 4 rings (SSSR count). The number of aromatic nitrogens is 1. The van der Waals surface area contributed by atoms with Crippen molar-refractivity contribution >= 4 is 50.3 Å². The number of benzene rings is 2. The summed E-state index contributed by atoms with van der Waals surface area (Å²) in [6, 6.07) is 15.4. The Kier molecular flexibility index (Phi) is 5.03. The summed E-state index contributed by atoms with van der Waals surface area (Å²) in [6.45, 7) is 3.98. The van der Waals surface area contributed by atoms with Crippen LogP contribution in [0.3, 0.4) is 0 Å². The molecule has 6 heteroatoms. The van der Waals surface area contributed by atoms with E-state index in [1.165, 1.54) is 17.4 Å². The van der Waals surface area contributed by atoms with Crippen LogP contribution in [0.1, 0.15) is 16.9 Å². The van der Waals surface area contributed by atoms with Gasteiger partial charge in [0.15, 0.2) is 5.13 Å². The number of hydrogen-bond acceptors (Lipinski definition) is 4. The fraction of sp³-hybridized carbons (Fsp3) is 0.0909. The van der Waals surface area contributed by atoms with Gasteiger partial charge in [-0.05, 0) is 61.4 Å². The molecule has 0 aliphatic rings. The van der Waals surface area contributed by atoms with E-state index in [9.17, 15) is 4.79 Å². The molecule has 1 amide bonds. The quantitative estimate of drug-likeness (QED) is 0.393. The number of nitrogens with one attached hydrogen (secondary N) is 1. The van der Waals surface area contributed by atoms with Crippen molar-refractivity contribution in [2.24, 2.45) is 0 Å². The summed E-state index contributed by atoms with van der Waals surface area (Å²) in [5.41, 5.74) is 3.95. The first-order valence-corrected chi connectivity index (χ1v) is 9.90. The molecule has 2 aromatic carbocycles. The molecule has 28 heavy (non-hydrogen) atoms. The van der Waals surface area contributed by atoms with Crippen LogP contribution in [0.25, 0.3) is 27.6 Å². The van der Waals surface area contributed by atoms with Crippen LogP contribution in [0.4, 0.5) is 5.13 Å². The van der Waals surface area contributed by atoms with Crippen molar-refractivity contribution < 1.29 is 9.21 Å². The predicted octanol–water partition coefficient (Wildman–Crippen LogP) is 6.48. The van der Waals surface area contributed by atoms with Gasteiger partial charge in [-0.1, -0.05) is 41.1 Å². The van der Waals surface area contributed by atoms with E-state index in [1.54, 1.807) is 6.08 Å². The van der Waals surface area contributed by atoms with Gasteiger partial charge in [0, 0.05) is 16.7 Å². The maximum atomic E-state index is 12.2. The number of carbonyl (C=O) groups is 1. The van der Waals surface area contributed by atoms with Crippen LogP contribution in [-0.2, 0) is 4.79 Å². The molecule has 0 aliphatic heterocycles. The van der Waals surface area contributed by atoms with Gasteiger partial charge >= 0.3 is 0 Å². The molecule has 2 aromatic heterocycles. The predicted molar refractivity (Wildman–Crippen MR) is 116 cm³/mol. The van der Waals surface area contributed by atoms with Crippen LogP contribution in [0, 0.1) is 13.8 Å². The van der Waals surface area contributed by atoms with Crippen LogP contribution >= 0.6 is 22.9 Å². The first-order valence-electron chi connectivity index (χ1n) is 8.70. The van der Waals surface area contributed by atoms with E-state index in [1.807, 2.05) is 56.3 Å². The van der Waals surface area contributed by atoms with Gasteiger partial charge in [-0.15, -0.1) is 0 Å². The molecule has 4 nitrogen and oxygen atoms in total. The topological polar surface area (TPSA) is 55.1 Å². The van der Waals surface area contributed by atoms with E-state index < -0.39 is 0 Å². The molecule has 0 saturated carbocycles. The molecule has 1 N–H and O–H groups in total. The smallest absolute Gasteiger partial charge is 0.250 e. The second kappa shape index (κ2) is 7.62. The third-order valence-corrected chi connectivity index (χ3v) is 5.60. The molecular formula is C22H17ClN2O2S. The third kappa shape index (κ3) is 4.01. The van der Waals surface area contributed by atoms with Crippen molar-refractivity contribution in [1.82, 2.24) is 4.98 Å². The first kappa shape index (κ1) is 18.5.